The minimum atomic E-state index is 0. The molecular weight excluding hydrogens is 220 g/mol. The third-order valence-electron chi connectivity index (χ3n) is 3.55. The first-order chi connectivity index (χ1) is 7.25. The first-order valence-electron chi connectivity index (χ1n) is 6.70. The summed E-state index contributed by atoms with van der Waals surface area (Å²) >= 11 is 0. The molecule has 1 aliphatic heterocycles. The highest BCUT2D eigenvalue weighted by Gasteiger charge is 2.30. The van der Waals surface area contributed by atoms with E-state index >= 15 is 0 Å². The van der Waals surface area contributed by atoms with E-state index in [1.165, 1.54) is 51.9 Å². The summed E-state index contributed by atoms with van der Waals surface area (Å²) in [4.78, 5) is 2.75. The van der Waals surface area contributed by atoms with E-state index < -0.39 is 0 Å². The van der Waals surface area contributed by atoms with E-state index in [2.05, 4.69) is 24.1 Å². The van der Waals surface area contributed by atoms with E-state index in [1.807, 2.05) is 0 Å². The fraction of sp³-hybridized carbons (Fsp3) is 1.00. The van der Waals surface area contributed by atoms with E-state index in [-0.39, 0.29) is 12.4 Å². The van der Waals surface area contributed by atoms with Gasteiger partial charge < -0.3 is 5.32 Å². The maximum atomic E-state index is 3.53. The maximum Gasteiger partial charge on any atom is 0.00966 e. The summed E-state index contributed by atoms with van der Waals surface area (Å²) in [5.41, 5.74) is 0. The minimum absolute atomic E-state index is 0. The van der Waals surface area contributed by atoms with Crippen molar-refractivity contribution in [2.75, 3.05) is 26.2 Å². The number of nitrogens with zero attached hydrogens (tertiary/aromatic N) is 1. The number of nitrogens with one attached hydrogen (secondary N) is 1. The Bertz CT molecular complexity index is 186. The van der Waals surface area contributed by atoms with Crippen LogP contribution in [0.15, 0.2) is 0 Å². The highest BCUT2D eigenvalue weighted by molar-refractivity contribution is 5.85. The lowest BCUT2D eigenvalue weighted by molar-refractivity contribution is 0.182. The quantitative estimate of drug-likeness (QED) is 0.802. The lowest BCUT2D eigenvalue weighted by Gasteiger charge is -2.31. The summed E-state index contributed by atoms with van der Waals surface area (Å²) in [6.07, 6.45) is 5.72. The lowest BCUT2D eigenvalue weighted by atomic mass is 9.98. The van der Waals surface area contributed by atoms with Crippen molar-refractivity contribution in [3.05, 3.63) is 0 Å². The Morgan fingerprint density at radius 1 is 1.25 bits per heavy atom. The Morgan fingerprint density at radius 3 is 2.50 bits per heavy atom. The van der Waals surface area contributed by atoms with Gasteiger partial charge >= 0.3 is 0 Å². The molecule has 2 fully saturated rings. The average molecular weight is 247 g/mol. The van der Waals surface area contributed by atoms with Gasteiger partial charge in [0, 0.05) is 19.1 Å². The Balaban J connectivity index is 0.00000128. The smallest absolute Gasteiger partial charge is 0.00966 e. The van der Waals surface area contributed by atoms with Gasteiger partial charge in [0.2, 0.25) is 0 Å². The van der Waals surface area contributed by atoms with E-state index in [0.29, 0.717) is 0 Å². The zero-order valence-electron chi connectivity index (χ0n) is 10.7. The number of hydrogen-bond acceptors (Lipinski definition) is 2. The summed E-state index contributed by atoms with van der Waals surface area (Å²) in [6.45, 7) is 9.82. The van der Waals surface area contributed by atoms with Crippen molar-refractivity contribution in [3.8, 4) is 0 Å². The molecule has 16 heavy (non-hydrogen) atoms. The van der Waals surface area contributed by atoms with Crippen LogP contribution in [0.3, 0.4) is 0 Å². The molecule has 0 aromatic rings. The van der Waals surface area contributed by atoms with Crippen LogP contribution in [0.5, 0.6) is 0 Å². The molecule has 2 rings (SSSR count). The second kappa shape index (κ2) is 6.83. The number of hydrogen-bond donors (Lipinski definition) is 1. The molecule has 1 aliphatic carbocycles. The van der Waals surface area contributed by atoms with Gasteiger partial charge in [0.25, 0.3) is 0 Å². The van der Waals surface area contributed by atoms with Crippen LogP contribution < -0.4 is 5.32 Å². The summed E-state index contributed by atoms with van der Waals surface area (Å²) in [5, 5.41) is 3.53. The first kappa shape index (κ1) is 14.3. The molecule has 1 heterocycles. The van der Waals surface area contributed by atoms with Gasteiger partial charge in [0.1, 0.15) is 0 Å². The van der Waals surface area contributed by atoms with E-state index in [4.69, 9.17) is 0 Å². The molecule has 0 aromatic heterocycles. The molecule has 1 N–H and O–H groups in total. The fourth-order valence-electron chi connectivity index (χ4n) is 2.69. The topological polar surface area (TPSA) is 15.3 Å². The second-order valence-electron chi connectivity index (χ2n) is 5.79. The van der Waals surface area contributed by atoms with Gasteiger partial charge in [0.05, 0.1) is 0 Å². The summed E-state index contributed by atoms with van der Waals surface area (Å²) in [6, 6.07) is 0.939. The van der Waals surface area contributed by atoms with Crippen molar-refractivity contribution in [2.45, 2.75) is 45.6 Å². The fourth-order valence-corrected chi connectivity index (χ4v) is 2.69. The molecule has 1 atom stereocenters. The molecule has 1 saturated carbocycles. The molecule has 0 bridgehead atoms. The summed E-state index contributed by atoms with van der Waals surface area (Å²) in [5.74, 6) is 1.74. The Morgan fingerprint density at radius 2 is 2.00 bits per heavy atom. The van der Waals surface area contributed by atoms with Crippen LogP contribution in [0.2, 0.25) is 0 Å². The monoisotopic (exact) mass is 246 g/mol. The molecule has 3 heteroatoms. The second-order valence-corrected chi connectivity index (χ2v) is 5.79. The van der Waals surface area contributed by atoms with Crippen molar-refractivity contribution in [1.82, 2.24) is 10.2 Å². The number of rotatable bonds is 5. The van der Waals surface area contributed by atoms with Gasteiger partial charge in [-0.05, 0) is 50.6 Å². The van der Waals surface area contributed by atoms with Crippen LogP contribution in [0.1, 0.15) is 39.5 Å². The van der Waals surface area contributed by atoms with Gasteiger partial charge in [-0.25, -0.2) is 0 Å². The van der Waals surface area contributed by atoms with E-state index in [9.17, 15) is 0 Å². The first-order valence-corrected chi connectivity index (χ1v) is 6.70. The van der Waals surface area contributed by atoms with Crippen LogP contribution in [0, 0.1) is 11.8 Å². The van der Waals surface area contributed by atoms with Crippen LogP contribution in [0.25, 0.3) is 0 Å². The van der Waals surface area contributed by atoms with Crippen LogP contribution in [-0.4, -0.2) is 37.1 Å². The van der Waals surface area contributed by atoms with Crippen molar-refractivity contribution < 1.29 is 0 Å². The maximum absolute atomic E-state index is 3.53. The molecule has 0 spiro atoms. The molecule has 1 saturated heterocycles. The Kier molecular flexibility index (Phi) is 6.09. The lowest BCUT2D eigenvalue weighted by Crippen LogP contribution is -2.40. The predicted molar refractivity (Wildman–Crippen MR) is 72.3 cm³/mol. The number of halogens is 1. The van der Waals surface area contributed by atoms with Gasteiger partial charge in [-0.3, -0.25) is 4.90 Å². The zero-order chi connectivity index (χ0) is 10.7. The predicted octanol–water partition coefficient (Wildman–Crippen LogP) is 2.53. The van der Waals surface area contributed by atoms with Gasteiger partial charge in [0.15, 0.2) is 0 Å². The third-order valence-corrected chi connectivity index (χ3v) is 3.55. The van der Waals surface area contributed by atoms with Crippen molar-refractivity contribution >= 4 is 12.4 Å². The van der Waals surface area contributed by atoms with Crippen molar-refractivity contribution in [2.24, 2.45) is 11.8 Å². The highest BCUT2D eigenvalue weighted by Crippen LogP contribution is 2.29. The highest BCUT2D eigenvalue weighted by atomic mass is 35.5. The molecule has 0 radical (unpaired) electrons. The van der Waals surface area contributed by atoms with Crippen LogP contribution >= 0.6 is 12.4 Å². The number of piperidine rings is 1. The molecule has 2 nitrogen and oxygen atoms in total. The van der Waals surface area contributed by atoms with Crippen molar-refractivity contribution in [3.63, 3.8) is 0 Å². The molecule has 2 aliphatic rings. The Labute approximate surface area is 107 Å². The van der Waals surface area contributed by atoms with Gasteiger partial charge in [-0.2, -0.15) is 0 Å². The van der Waals surface area contributed by atoms with Gasteiger partial charge in [-0.1, -0.05) is 13.8 Å². The minimum Gasteiger partial charge on any atom is -0.316 e. The molecular formula is C13H27ClN2. The Hall–Kier alpha value is 0.210. The standard InChI is InChI=1S/C13H26N2.ClH/c1-11(2)9-15(13-5-6-13)10-12-4-3-7-14-8-12;/h11-14H,3-10H2,1-2H3;1H. The average Bonchev–Trinajstić information content (AvgIpc) is 3.01. The third kappa shape index (κ3) is 4.60. The molecule has 0 amide bonds. The normalized spacial score (nSPS) is 25.9. The van der Waals surface area contributed by atoms with Crippen molar-refractivity contribution in [1.29, 1.82) is 0 Å². The SMILES string of the molecule is CC(C)CN(CC1CCCNC1)C1CC1.Cl. The van der Waals surface area contributed by atoms with E-state index in [0.717, 1.165) is 17.9 Å². The summed E-state index contributed by atoms with van der Waals surface area (Å²) < 4.78 is 0. The zero-order valence-corrected chi connectivity index (χ0v) is 11.6. The van der Waals surface area contributed by atoms with Crippen LogP contribution in [0.4, 0.5) is 0 Å². The molecule has 0 aromatic carbocycles. The molecule has 1 unspecified atom stereocenters. The van der Waals surface area contributed by atoms with Crippen LogP contribution in [-0.2, 0) is 0 Å². The molecule has 96 valence electrons. The largest absolute Gasteiger partial charge is 0.316 e. The summed E-state index contributed by atoms with van der Waals surface area (Å²) in [7, 11) is 0. The van der Waals surface area contributed by atoms with Gasteiger partial charge in [-0.15, -0.1) is 12.4 Å². The van der Waals surface area contributed by atoms with E-state index in [1.54, 1.807) is 0 Å².